The summed E-state index contributed by atoms with van der Waals surface area (Å²) in [5, 5.41) is 21.3. The van der Waals surface area contributed by atoms with Crippen molar-refractivity contribution in [3.8, 4) is 0 Å². The molecule has 0 saturated carbocycles. The molecule has 0 N–H and O–H groups in total. The third-order valence-electron chi connectivity index (χ3n) is 7.46. The van der Waals surface area contributed by atoms with E-state index in [0.29, 0.717) is 26.2 Å². The van der Waals surface area contributed by atoms with Crippen molar-refractivity contribution in [3.05, 3.63) is 92.6 Å². The van der Waals surface area contributed by atoms with Crippen molar-refractivity contribution in [1.29, 1.82) is 0 Å². The molecular formula is C28H21N8+. The Bertz CT molecular complexity index is 1930. The van der Waals surface area contributed by atoms with Crippen LogP contribution in [0.3, 0.4) is 0 Å². The van der Waals surface area contributed by atoms with E-state index in [2.05, 4.69) is 96.6 Å². The van der Waals surface area contributed by atoms with E-state index in [1.54, 1.807) is 0 Å². The Balaban J connectivity index is 1.51. The first kappa shape index (κ1) is 20.6. The third kappa shape index (κ3) is 2.93. The van der Waals surface area contributed by atoms with Crippen LogP contribution in [0, 0.1) is 0 Å². The maximum absolute atomic E-state index is 8.63. The maximum Gasteiger partial charge on any atom is 0.176 e. The summed E-state index contributed by atoms with van der Waals surface area (Å²) in [6, 6.07) is 17.9. The Morgan fingerprint density at radius 3 is 2.03 bits per heavy atom. The molecule has 2 heterocycles. The number of azide groups is 2. The molecule has 0 bridgehead atoms. The summed E-state index contributed by atoms with van der Waals surface area (Å²) in [5.41, 5.74) is 18.6. The first-order chi connectivity index (χ1) is 17.8. The minimum Gasteiger partial charge on any atom is -0.372 e. The first-order valence-corrected chi connectivity index (χ1v) is 12.0. The van der Waals surface area contributed by atoms with Crippen LogP contribution < -0.4 is 9.79 Å². The van der Waals surface area contributed by atoms with Gasteiger partial charge in [-0.3, -0.25) is 0 Å². The van der Waals surface area contributed by atoms with Gasteiger partial charge < -0.3 is 4.90 Å². The van der Waals surface area contributed by atoms with E-state index in [1.807, 2.05) is 0 Å². The van der Waals surface area contributed by atoms with Gasteiger partial charge in [0, 0.05) is 51.8 Å². The van der Waals surface area contributed by atoms with E-state index in [4.69, 9.17) is 11.1 Å². The summed E-state index contributed by atoms with van der Waals surface area (Å²) >= 11 is 0. The van der Waals surface area contributed by atoms with Gasteiger partial charge in [0.05, 0.1) is 6.54 Å². The van der Waals surface area contributed by atoms with Gasteiger partial charge >= 0.3 is 0 Å². The zero-order chi connectivity index (χ0) is 24.2. The highest BCUT2D eigenvalue weighted by Gasteiger charge is 2.21. The molecule has 6 aromatic rings. The number of benzene rings is 5. The van der Waals surface area contributed by atoms with E-state index < -0.39 is 0 Å². The lowest BCUT2D eigenvalue weighted by molar-refractivity contribution is -0.692. The fourth-order valence-electron chi connectivity index (χ4n) is 6.05. The SMILES string of the molecule is [N-]=[N+]=NCCN1C=c2ccc3c4ccc5c[n+](CCN=[N+]=[N-])cc6ccc(c7ccc(c2c73)C1)c4c65. The molecule has 5 aromatic carbocycles. The van der Waals surface area contributed by atoms with Gasteiger partial charge in [-0.1, -0.05) is 46.6 Å². The van der Waals surface area contributed by atoms with Crippen molar-refractivity contribution in [2.24, 2.45) is 10.2 Å². The molecule has 0 unspecified atom stereocenters. The van der Waals surface area contributed by atoms with Gasteiger partial charge in [-0.15, -0.1) is 0 Å². The van der Waals surface area contributed by atoms with Gasteiger partial charge in [0.2, 0.25) is 0 Å². The van der Waals surface area contributed by atoms with Crippen LogP contribution in [0.2, 0.25) is 0 Å². The zero-order valence-corrected chi connectivity index (χ0v) is 19.5. The molecule has 1 aliphatic heterocycles. The quantitative estimate of drug-likeness (QED) is 0.0724. The molecule has 7 rings (SSSR count). The molecular weight excluding hydrogens is 448 g/mol. The normalized spacial score (nSPS) is 12.9. The number of nitrogens with zero attached hydrogens (tertiary/aromatic N) is 8. The minimum absolute atomic E-state index is 0.429. The lowest BCUT2D eigenvalue weighted by atomic mass is 9.85. The van der Waals surface area contributed by atoms with E-state index >= 15 is 0 Å². The monoisotopic (exact) mass is 469 g/mol. The van der Waals surface area contributed by atoms with Crippen LogP contribution in [0.5, 0.6) is 0 Å². The molecule has 0 saturated heterocycles. The average molecular weight is 470 g/mol. The molecule has 0 radical (unpaired) electrons. The highest BCUT2D eigenvalue weighted by Crippen LogP contribution is 2.43. The molecule has 0 amide bonds. The second kappa shape index (κ2) is 7.89. The molecule has 0 atom stereocenters. The van der Waals surface area contributed by atoms with Crippen molar-refractivity contribution in [2.75, 3.05) is 19.6 Å². The average Bonchev–Trinajstić information content (AvgIpc) is 2.90. The van der Waals surface area contributed by atoms with Crippen molar-refractivity contribution in [1.82, 2.24) is 4.90 Å². The second-order valence-electron chi connectivity index (χ2n) is 9.38. The van der Waals surface area contributed by atoms with Crippen LogP contribution in [0.25, 0.3) is 80.9 Å². The Morgan fingerprint density at radius 2 is 1.33 bits per heavy atom. The Hall–Kier alpha value is -4.77. The van der Waals surface area contributed by atoms with Crippen LogP contribution in [-0.4, -0.2) is 24.5 Å². The van der Waals surface area contributed by atoms with Crippen molar-refractivity contribution in [3.63, 3.8) is 0 Å². The molecule has 172 valence electrons. The second-order valence-corrected chi connectivity index (χ2v) is 9.38. The molecule has 36 heavy (non-hydrogen) atoms. The minimum atomic E-state index is 0.429. The fourth-order valence-corrected chi connectivity index (χ4v) is 6.05. The van der Waals surface area contributed by atoms with Crippen LogP contribution >= 0.6 is 0 Å². The number of aromatic nitrogens is 1. The number of hydrogen-bond donors (Lipinski definition) is 0. The summed E-state index contributed by atoms with van der Waals surface area (Å²) in [5.74, 6) is 0. The van der Waals surface area contributed by atoms with E-state index in [1.165, 1.54) is 64.6 Å². The number of rotatable bonds is 6. The molecule has 1 aliphatic rings. The first-order valence-electron chi connectivity index (χ1n) is 12.0. The predicted octanol–water partition coefficient (Wildman–Crippen LogP) is 6.07. The molecule has 0 fully saturated rings. The van der Waals surface area contributed by atoms with Gasteiger partial charge in [0.25, 0.3) is 0 Å². The standard InChI is InChI=1S/C28H21N8/c29-33-31-9-11-35-13-17-1-5-21-22-6-3-19-15-36(12-10-32-34-30)16-20-4-8-24(28(22)26(19)20)23-7-2-18(14-35)25(17)27(21)23/h1-8,13-15H,9-12,16H2/q+1. The van der Waals surface area contributed by atoms with Crippen LogP contribution in [0.1, 0.15) is 5.56 Å². The third-order valence-corrected chi connectivity index (χ3v) is 7.46. The summed E-state index contributed by atoms with van der Waals surface area (Å²) in [7, 11) is 0. The topological polar surface area (TPSA) is 105 Å². The van der Waals surface area contributed by atoms with Gasteiger partial charge in [-0.2, -0.15) is 0 Å². The van der Waals surface area contributed by atoms with Crippen LogP contribution in [0.15, 0.2) is 71.2 Å². The Morgan fingerprint density at radius 1 is 0.722 bits per heavy atom. The van der Waals surface area contributed by atoms with Crippen molar-refractivity contribution < 1.29 is 4.57 Å². The molecule has 0 spiro atoms. The number of hydrogen-bond acceptors (Lipinski definition) is 3. The van der Waals surface area contributed by atoms with Gasteiger partial charge in [0.1, 0.15) is 0 Å². The lowest BCUT2D eigenvalue weighted by Gasteiger charge is -2.26. The van der Waals surface area contributed by atoms with E-state index in [0.717, 1.165) is 6.54 Å². The predicted molar refractivity (Wildman–Crippen MR) is 143 cm³/mol. The number of fused-ring (bicyclic) bond motifs is 2. The molecule has 8 heteroatoms. The lowest BCUT2D eigenvalue weighted by Crippen LogP contribution is -2.34. The van der Waals surface area contributed by atoms with Gasteiger partial charge in [-0.25, -0.2) is 4.57 Å². The number of pyridine rings is 1. The van der Waals surface area contributed by atoms with Crippen LogP contribution in [-0.2, 0) is 13.1 Å². The summed E-state index contributed by atoms with van der Waals surface area (Å²) in [6.45, 7) is 3.05. The largest absolute Gasteiger partial charge is 0.372 e. The summed E-state index contributed by atoms with van der Waals surface area (Å²) in [6.07, 6.45) is 6.50. The summed E-state index contributed by atoms with van der Waals surface area (Å²) < 4.78 is 2.11. The molecule has 1 aromatic heterocycles. The van der Waals surface area contributed by atoms with Gasteiger partial charge in [0.15, 0.2) is 18.9 Å². The highest BCUT2D eigenvalue weighted by atomic mass is 15.2. The van der Waals surface area contributed by atoms with Crippen molar-refractivity contribution >= 4 is 60.1 Å². The Kier molecular flexibility index (Phi) is 4.51. The van der Waals surface area contributed by atoms with Crippen LogP contribution in [0.4, 0.5) is 0 Å². The smallest absolute Gasteiger partial charge is 0.176 e. The van der Waals surface area contributed by atoms with E-state index in [-0.39, 0.29) is 0 Å². The van der Waals surface area contributed by atoms with Crippen molar-refractivity contribution in [2.45, 2.75) is 13.1 Å². The van der Waals surface area contributed by atoms with Gasteiger partial charge in [-0.05, 0) is 71.7 Å². The summed E-state index contributed by atoms with van der Waals surface area (Å²) in [4.78, 5) is 8.00. The maximum atomic E-state index is 8.63. The zero-order valence-electron chi connectivity index (χ0n) is 19.5. The molecule has 8 nitrogen and oxygen atoms in total. The van der Waals surface area contributed by atoms with E-state index in [9.17, 15) is 0 Å². The Labute approximate surface area is 205 Å². The highest BCUT2D eigenvalue weighted by molar-refractivity contribution is 6.36. The molecule has 0 aliphatic carbocycles. The fraction of sp³-hybridized carbons (Fsp3) is 0.179.